The van der Waals surface area contributed by atoms with Crippen LogP contribution in [0.15, 0.2) is 42.9 Å². The molecule has 1 aliphatic heterocycles. The van der Waals surface area contributed by atoms with Crippen LogP contribution in [0.5, 0.6) is 0 Å². The number of hydrogen-bond donors (Lipinski definition) is 2. The number of carbonyl (C=O) groups excluding carboxylic acids is 2. The lowest BCUT2D eigenvalue weighted by Gasteiger charge is -2.15. The number of nitrogens with one attached hydrogen (secondary N) is 2. The van der Waals surface area contributed by atoms with Gasteiger partial charge in [-0.05, 0) is 49.9 Å². The van der Waals surface area contributed by atoms with E-state index in [0.29, 0.717) is 36.1 Å². The van der Waals surface area contributed by atoms with Crippen LogP contribution in [0.1, 0.15) is 44.7 Å². The molecule has 2 aliphatic rings. The second kappa shape index (κ2) is 7.54. The normalized spacial score (nSPS) is 15.5. The summed E-state index contributed by atoms with van der Waals surface area (Å²) in [5, 5.41) is 10.7. The molecule has 8 heteroatoms. The van der Waals surface area contributed by atoms with Gasteiger partial charge >= 0.3 is 0 Å². The van der Waals surface area contributed by atoms with Gasteiger partial charge in [-0.2, -0.15) is 5.10 Å². The summed E-state index contributed by atoms with van der Waals surface area (Å²) in [5.74, 6) is 0.507. The molecule has 8 nitrogen and oxygen atoms in total. The molecular weight excluding hydrogens is 392 g/mol. The van der Waals surface area contributed by atoms with Crippen molar-refractivity contribution in [3.63, 3.8) is 0 Å². The number of aryl methyl sites for hydroxylation is 2. The average molecular weight is 416 g/mol. The second-order valence-electron chi connectivity index (χ2n) is 8.15. The zero-order valence-electron chi connectivity index (χ0n) is 17.6. The lowest BCUT2D eigenvalue weighted by Crippen LogP contribution is -2.28. The summed E-state index contributed by atoms with van der Waals surface area (Å²) in [5.41, 5.74) is 4.56. The van der Waals surface area contributed by atoms with Crippen LogP contribution in [-0.4, -0.2) is 50.4 Å². The maximum Gasteiger partial charge on any atom is 0.256 e. The van der Waals surface area contributed by atoms with E-state index in [0.717, 1.165) is 35.2 Å². The van der Waals surface area contributed by atoms with Crippen LogP contribution >= 0.6 is 0 Å². The van der Waals surface area contributed by atoms with Crippen molar-refractivity contribution >= 4 is 28.8 Å². The molecule has 0 spiro atoms. The fourth-order valence-electron chi connectivity index (χ4n) is 3.80. The van der Waals surface area contributed by atoms with Crippen LogP contribution in [0.2, 0.25) is 0 Å². The van der Waals surface area contributed by atoms with Gasteiger partial charge in [-0.25, -0.2) is 9.50 Å². The van der Waals surface area contributed by atoms with Crippen molar-refractivity contribution in [2.75, 3.05) is 18.4 Å². The Labute approximate surface area is 180 Å². The zero-order chi connectivity index (χ0) is 21.5. The first kappa shape index (κ1) is 19.3. The average Bonchev–Trinajstić information content (AvgIpc) is 3.27. The van der Waals surface area contributed by atoms with E-state index in [4.69, 9.17) is 0 Å². The number of nitrogens with zero attached hydrogens (tertiary/aromatic N) is 4. The van der Waals surface area contributed by atoms with E-state index >= 15 is 0 Å². The highest BCUT2D eigenvalue weighted by atomic mass is 16.2. The molecule has 2 N–H and O–H groups in total. The van der Waals surface area contributed by atoms with Crippen molar-refractivity contribution in [1.29, 1.82) is 0 Å². The monoisotopic (exact) mass is 416 g/mol. The number of fused-ring (bicyclic) bond motifs is 1. The Morgan fingerprint density at radius 3 is 2.65 bits per heavy atom. The standard InChI is InChI=1S/C23H24N6O2/c1-14-5-6-16(22(30)26-17-7-8-17)11-19(14)27-21-20-15(2)18(12-29(20)25-13-24-21)23(31)28-9-3-4-10-28/h3-6,11-13,17H,7-10H2,1-2H3,(H,26,30)(H,24,25,27). The third-order valence-corrected chi connectivity index (χ3v) is 5.83. The third kappa shape index (κ3) is 3.65. The van der Waals surface area contributed by atoms with E-state index in [9.17, 15) is 9.59 Å². The smallest absolute Gasteiger partial charge is 0.256 e. The summed E-state index contributed by atoms with van der Waals surface area (Å²) < 4.78 is 1.68. The van der Waals surface area contributed by atoms with E-state index < -0.39 is 0 Å². The first-order valence-electron chi connectivity index (χ1n) is 10.5. The molecule has 1 aromatic carbocycles. The van der Waals surface area contributed by atoms with Gasteiger partial charge in [-0.1, -0.05) is 18.2 Å². The van der Waals surface area contributed by atoms with Crippen LogP contribution in [0.25, 0.3) is 5.52 Å². The van der Waals surface area contributed by atoms with Crippen molar-refractivity contribution in [2.24, 2.45) is 0 Å². The summed E-state index contributed by atoms with van der Waals surface area (Å²) in [7, 11) is 0. The Hall–Kier alpha value is -3.68. The molecule has 2 amide bonds. The number of rotatable bonds is 5. The molecule has 3 heterocycles. The number of anilines is 2. The highest BCUT2D eigenvalue weighted by Crippen LogP contribution is 2.28. The maximum atomic E-state index is 12.9. The Bertz CT molecular complexity index is 1220. The predicted molar refractivity (Wildman–Crippen MR) is 118 cm³/mol. The maximum absolute atomic E-state index is 12.9. The Balaban J connectivity index is 1.48. The van der Waals surface area contributed by atoms with Crippen molar-refractivity contribution in [1.82, 2.24) is 24.8 Å². The highest BCUT2D eigenvalue weighted by Gasteiger charge is 2.25. The largest absolute Gasteiger partial charge is 0.349 e. The van der Waals surface area contributed by atoms with Crippen molar-refractivity contribution in [3.05, 3.63) is 65.1 Å². The van der Waals surface area contributed by atoms with E-state index in [-0.39, 0.29) is 11.8 Å². The number of aromatic nitrogens is 3. The van der Waals surface area contributed by atoms with Crippen molar-refractivity contribution < 1.29 is 9.59 Å². The zero-order valence-corrected chi connectivity index (χ0v) is 17.6. The van der Waals surface area contributed by atoms with Gasteiger partial charge in [0.15, 0.2) is 5.82 Å². The molecule has 0 bridgehead atoms. The fraction of sp³-hybridized carbons (Fsp3) is 0.304. The van der Waals surface area contributed by atoms with Crippen molar-refractivity contribution in [2.45, 2.75) is 32.7 Å². The molecule has 2 aromatic heterocycles. The quantitative estimate of drug-likeness (QED) is 0.624. The summed E-state index contributed by atoms with van der Waals surface area (Å²) >= 11 is 0. The number of carbonyl (C=O) groups is 2. The third-order valence-electron chi connectivity index (χ3n) is 5.83. The van der Waals surface area contributed by atoms with E-state index in [1.165, 1.54) is 6.33 Å². The fourth-order valence-corrected chi connectivity index (χ4v) is 3.80. The van der Waals surface area contributed by atoms with E-state index in [2.05, 4.69) is 20.7 Å². The molecule has 5 rings (SSSR count). The van der Waals surface area contributed by atoms with Crippen molar-refractivity contribution in [3.8, 4) is 0 Å². The molecule has 1 fully saturated rings. The molecule has 0 saturated heterocycles. The lowest BCUT2D eigenvalue weighted by molar-refractivity contribution is 0.0799. The minimum Gasteiger partial charge on any atom is -0.349 e. The molecule has 0 radical (unpaired) electrons. The van der Waals surface area contributed by atoms with E-state index in [1.807, 2.05) is 44.2 Å². The molecular formula is C23H24N6O2. The molecule has 1 saturated carbocycles. The highest BCUT2D eigenvalue weighted by molar-refractivity contribution is 6.00. The minimum absolute atomic E-state index is 0.0196. The Morgan fingerprint density at radius 2 is 1.90 bits per heavy atom. The molecule has 1 aliphatic carbocycles. The van der Waals surface area contributed by atoms with Crippen LogP contribution in [0.4, 0.5) is 11.5 Å². The summed E-state index contributed by atoms with van der Waals surface area (Å²) in [6.45, 7) is 5.13. The Morgan fingerprint density at radius 1 is 1.13 bits per heavy atom. The number of hydrogen-bond acceptors (Lipinski definition) is 5. The van der Waals surface area contributed by atoms with Gasteiger partial charge in [0.1, 0.15) is 11.8 Å². The summed E-state index contributed by atoms with van der Waals surface area (Å²) in [6.07, 6.45) is 9.28. The van der Waals surface area contributed by atoms with Gasteiger partial charge in [0.2, 0.25) is 0 Å². The van der Waals surface area contributed by atoms with Crippen LogP contribution in [0.3, 0.4) is 0 Å². The van der Waals surface area contributed by atoms with Crippen LogP contribution < -0.4 is 10.6 Å². The van der Waals surface area contributed by atoms with Gasteiger partial charge < -0.3 is 15.5 Å². The second-order valence-corrected chi connectivity index (χ2v) is 8.15. The van der Waals surface area contributed by atoms with Gasteiger partial charge in [0.25, 0.3) is 11.8 Å². The first-order valence-corrected chi connectivity index (χ1v) is 10.5. The number of amides is 2. The van der Waals surface area contributed by atoms with Crippen LogP contribution in [0, 0.1) is 13.8 Å². The molecule has 158 valence electrons. The summed E-state index contributed by atoms with van der Waals surface area (Å²) in [4.78, 5) is 31.6. The molecule has 0 unspecified atom stereocenters. The summed E-state index contributed by atoms with van der Waals surface area (Å²) in [6, 6.07) is 5.89. The Kier molecular flexibility index (Phi) is 4.69. The van der Waals surface area contributed by atoms with Gasteiger partial charge in [0.05, 0.1) is 5.56 Å². The predicted octanol–water partition coefficient (Wildman–Crippen LogP) is 2.99. The van der Waals surface area contributed by atoms with Gasteiger partial charge in [-0.15, -0.1) is 0 Å². The minimum atomic E-state index is -0.0654. The van der Waals surface area contributed by atoms with E-state index in [1.54, 1.807) is 15.6 Å². The molecule has 3 aromatic rings. The first-order chi connectivity index (χ1) is 15.0. The number of benzene rings is 1. The SMILES string of the molecule is Cc1ccc(C(=O)NC2CC2)cc1Nc1ncnn2cc(C(=O)N3CC=CC3)c(C)c12. The van der Waals surface area contributed by atoms with Crippen LogP contribution in [-0.2, 0) is 0 Å². The lowest BCUT2D eigenvalue weighted by atomic mass is 10.1. The topological polar surface area (TPSA) is 91.6 Å². The van der Waals surface area contributed by atoms with Gasteiger partial charge in [-0.3, -0.25) is 9.59 Å². The van der Waals surface area contributed by atoms with Gasteiger partial charge in [0, 0.05) is 36.6 Å². The molecule has 31 heavy (non-hydrogen) atoms. The molecule has 0 atom stereocenters.